The van der Waals surface area contributed by atoms with Crippen LogP contribution >= 0.6 is 0 Å². The number of hydrazine groups is 1. The van der Waals surface area contributed by atoms with E-state index in [2.05, 4.69) is 20.7 Å². The lowest BCUT2D eigenvalue weighted by molar-refractivity contribution is 0.547. The van der Waals surface area contributed by atoms with Crippen LogP contribution in [-0.4, -0.2) is 9.97 Å². The van der Waals surface area contributed by atoms with Crippen LogP contribution in [0.2, 0.25) is 0 Å². The number of aryl methyl sites for hydroxylation is 1. The van der Waals surface area contributed by atoms with E-state index in [1.54, 1.807) is 12.1 Å². The smallest absolute Gasteiger partial charge is 0.146 e. The average Bonchev–Trinajstić information content (AvgIpc) is 2.40. The molecule has 0 amide bonds. The molecule has 2 aromatic rings. The molecule has 0 spiro atoms. The molecule has 0 aliphatic rings. The third-order valence-corrected chi connectivity index (χ3v) is 2.93. The molecule has 0 fully saturated rings. The molecule has 5 nitrogen and oxygen atoms in total. The summed E-state index contributed by atoms with van der Waals surface area (Å²) in [6, 6.07) is 6.61. The lowest BCUT2D eigenvalue weighted by Gasteiger charge is -2.19. The van der Waals surface area contributed by atoms with E-state index in [1.165, 1.54) is 6.07 Å². The second kappa shape index (κ2) is 5.65. The Morgan fingerprint density at radius 3 is 2.33 bits per heavy atom. The largest absolute Gasteiger partial charge is 0.338 e. The zero-order valence-corrected chi connectivity index (χ0v) is 12.7. The summed E-state index contributed by atoms with van der Waals surface area (Å²) in [5, 5.41) is 2.96. The molecule has 112 valence electrons. The fourth-order valence-corrected chi connectivity index (χ4v) is 1.78. The maximum Gasteiger partial charge on any atom is 0.146 e. The molecule has 0 unspecified atom stereocenters. The van der Waals surface area contributed by atoms with Gasteiger partial charge in [0.05, 0.1) is 5.69 Å². The number of nitrogen functional groups attached to an aromatic ring is 1. The summed E-state index contributed by atoms with van der Waals surface area (Å²) in [5.41, 5.74) is 3.49. The molecule has 21 heavy (non-hydrogen) atoms. The number of nitrogens with one attached hydrogen (secondary N) is 2. The number of nitrogens with two attached hydrogens (primary N) is 1. The molecular formula is C15H20FN5. The van der Waals surface area contributed by atoms with Crippen LogP contribution in [0.5, 0.6) is 0 Å². The van der Waals surface area contributed by atoms with E-state index in [0.29, 0.717) is 23.1 Å². The molecule has 0 saturated heterocycles. The van der Waals surface area contributed by atoms with E-state index in [9.17, 15) is 4.39 Å². The first-order valence-corrected chi connectivity index (χ1v) is 6.69. The molecule has 1 heterocycles. The van der Waals surface area contributed by atoms with Crippen molar-refractivity contribution in [3.05, 3.63) is 41.5 Å². The standard InChI is InChI=1S/C15H20FN5/c1-9-5-6-11(10(16)7-9)18-12-8-13(21-17)20-14(19-12)15(2,3)4/h5-8H,17H2,1-4H3,(H2,18,19,20,21). The molecule has 0 aliphatic heterocycles. The first-order chi connectivity index (χ1) is 9.79. The van der Waals surface area contributed by atoms with Crippen molar-refractivity contribution >= 4 is 17.3 Å². The Hall–Kier alpha value is -2.21. The van der Waals surface area contributed by atoms with Crippen LogP contribution in [0.3, 0.4) is 0 Å². The van der Waals surface area contributed by atoms with Gasteiger partial charge in [-0.25, -0.2) is 20.2 Å². The fourth-order valence-electron chi connectivity index (χ4n) is 1.78. The highest BCUT2D eigenvalue weighted by atomic mass is 19.1. The van der Waals surface area contributed by atoms with Gasteiger partial charge in [0.2, 0.25) is 0 Å². The predicted molar refractivity (Wildman–Crippen MR) is 83.0 cm³/mol. The van der Waals surface area contributed by atoms with Gasteiger partial charge in [-0.15, -0.1) is 0 Å². The van der Waals surface area contributed by atoms with Gasteiger partial charge in [0, 0.05) is 11.5 Å². The van der Waals surface area contributed by atoms with Crippen molar-refractivity contribution in [3.8, 4) is 0 Å². The minimum absolute atomic E-state index is 0.241. The van der Waals surface area contributed by atoms with E-state index < -0.39 is 0 Å². The molecule has 4 N–H and O–H groups in total. The topological polar surface area (TPSA) is 75.9 Å². The lowest BCUT2D eigenvalue weighted by Crippen LogP contribution is -2.19. The van der Waals surface area contributed by atoms with E-state index in [1.807, 2.05) is 33.8 Å². The first-order valence-electron chi connectivity index (χ1n) is 6.69. The molecule has 0 aliphatic carbocycles. The first kappa shape index (κ1) is 15.2. The van der Waals surface area contributed by atoms with Crippen molar-refractivity contribution in [1.29, 1.82) is 0 Å². The zero-order valence-electron chi connectivity index (χ0n) is 12.7. The SMILES string of the molecule is Cc1ccc(Nc2cc(NN)nc(C(C)(C)C)n2)c(F)c1. The van der Waals surface area contributed by atoms with Crippen LogP contribution in [-0.2, 0) is 5.41 Å². The Morgan fingerprint density at radius 2 is 1.76 bits per heavy atom. The van der Waals surface area contributed by atoms with E-state index in [-0.39, 0.29) is 11.2 Å². The molecule has 0 bridgehead atoms. The van der Waals surface area contributed by atoms with Gasteiger partial charge in [-0.05, 0) is 24.6 Å². The summed E-state index contributed by atoms with van der Waals surface area (Å²) in [4.78, 5) is 8.75. The fraction of sp³-hybridized carbons (Fsp3) is 0.333. The summed E-state index contributed by atoms with van der Waals surface area (Å²) < 4.78 is 13.9. The van der Waals surface area contributed by atoms with E-state index in [0.717, 1.165) is 5.56 Å². The van der Waals surface area contributed by atoms with E-state index >= 15 is 0 Å². The number of anilines is 3. The van der Waals surface area contributed by atoms with Crippen molar-refractivity contribution in [2.45, 2.75) is 33.1 Å². The summed E-state index contributed by atoms with van der Waals surface area (Å²) in [6.07, 6.45) is 0. The predicted octanol–water partition coefficient (Wildman–Crippen LogP) is 3.25. The molecule has 0 saturated carbocycles. The highest BCUT2D eigenvalue weighted by molar-refractivity contribution is 5.60. The van der Waals surface area contributed by atoms with Crippen LogP contribution < -0.4 is 16.6 Å². The Morgan fingerprint density at radius 1 is 1.10 bits per heavy atom. The van der Waals surface area contributed by atoms with Crippen molar-refractivity contribution < 1.29 is 4.39 Å². The molecule has 1 aromatic carbocycles. The number of hydrogen-bond acceptors (Lipinski definition) is 5. The number of halogens is 1. The van der Waals surface area contributed by atoms with Gasteiger partial charge in [0.1, 0.15) is 23.3 Å². The van der Waals surface area contributed by atoms with Crippen LogP contribution in [0.15, 0.2) is 24.3 Å². The highest BCUT2D eigenvalue weighted by Crippen LogP contribution is 2.25. The minimum atomic E-state index is -0.326. The second-order valence-corrected chi connectivity index (χ2v) is 5.96. The van der Waals surface area contributed by atoms with Gasteiger partial charge in [-0.3, -0.25) is 0 Å². The van der Waals surface area contributed by atoms with Crippen molar-refractivity contribution in [3.63, 3.8) is 0 Å². The number of rotatable bonds is 3. The maximum absolute atomic E-state index is 13.9. The number of hydrogen-bond donors (Lipinski definition) is 3. The monoisotopic (exact) mass is 289 g/mol. The quantitative estimate of drug-likeness (QED) is 0.597. The van der Waals surface area contributed by atoms with Crippen LogP contribution in [0.25, 0.3) is 0 Å². The minimum Gasteiger partial charge on any atom is -0.338 e. The number of benzene rings is 1. The van der Waals surface area contributed by atoms with Crippen molar-refractivity contribution in [2.24, 2.45) is 5.84 Å². The maximum atomic E-state index is 13.9. The van der Waals surface area contributed by atoms with Gasteiger partial charge >= 0.3 is 0 Å². The van der Waals surface area contributed by atoms with Crippen molar-refractivity contribution in [2.75, 3.05) is 10.7 Å². The van der Waals surface area contributed by atoms with Gasteiger partial charge in [0.25, 0.3) is 0 Å². The zero-order chi connectivity index (χ0) is 15.6. The number of aromatic nitrogens is 2. The van der Waals surface area contributed by atoms with Gasteiger partial charge < -0.3 is 10.7 Å². The second-order valence-electron chi connectivity index (χ2n) is 5.96. The van der Waals surface area contributed by atoms with Crippen molar-refractivity contribution in [1.82, 2.24) is 9.97 Å². The Bertz CT molecular complexity index is 649. The van der Waals surface area contributed by atoms with Crippen LogP contribution in [0.4, 0.5) is 21.7 Å². The summed E-state index contributed by atoms with van der Waals surface area (Å²) in [6.45, 7) is 7.84. The average molecular weight is 289 g/mol. The number of nitrogens with zero attached hydrogens (tertiary/aromatic N) is 2. The van der Waals surface area contributed by atoms with Crippen LogP contribution in [0, 0.1) is 12.7 Å². The highest BCUT2D eigenvalue weighted by Gasteiger charge is 2.19. The molecule has 6 heteroatoms. The molecule has 2 rings (SSSR count). The summed E-state index contributed by atoms with van der Waals surface area (Å²) in [5.74, 6) is 6.69. The molecule has 1 aromatic heterocycles. The van der Waals surface area contributed by atoms with Gasteiger partial charge in [-0.2, -0.15) is 0 Å². The van der Waals surface area contributed by atoms with Gasteiger partial charge in [0.15, 0.2) is 0 Å². The van der Waals surface area contributed by atoms with Gasteiger partial charge in [-0.1, -0.05) is 26.8 Å². The summed E-state index contributed by atoms with van der Waals surface area (Å²) in [7, 11) is 0. The normalized spacial score (nSPS) is 11.3. The van der Waals surface area contributed by atoms with E-state index in [4.69, 9.17) is 5.84 Å². The Kier molecular flexibility index (Phi) is 4.09. The molecule has 0 radical (unpaired) electrons. The Labute approximate surface area is 123 Å². The third kappa shape index (κ3) is 3.66. The summed E-state index contributed by atoms with van der Waals surface area (Å²) >= 11 is 0. The Balaban J connectivity index is 2.39. The molecule has 0 atom stereocenters. The molecular weight excluding hydrogens is 269 g/mol. The third-order valence-electron chi connectivity index (χ3n) is 2.93. The van der Waals surface area contributed by atoms with Crippen LogP contribution in [0.1, 0.15) is 32.2 Å². The lowest BCUT2D eigenvalue weighted by atomic mass is 9.96.